The Morgan fingerprint density at radius 2 is 1.59 bits per heavy atom. The first-order valence-electron chi connectivity index (χ1n) is 8.67. The zero-order valence-corrected chi connectivity index (χ0v) is 17.8. The van der Waals surface area contributed by atoms with E-state index in [2.05, 4.69) is 44.2 Å². The van der Waals surface area contributed by atoms with Gasteiger partial charge in [-0.05, 0) is 46.0 Å². The van der Waals surface area contributed by atoms with Crippen molar-refractivity contribution in [2.24, 2.45) is 0 Å². The second kappa shape index (κ2) is 10.6. The molecule has 0 N–H and O–H groups in total. The molecule has 0 heterocycles. The molecule has 0 amide bonds. The van der Waals surface area contributed by atoms with E-state index in [4.69, 9.17) is 9.16 Å². The summed E-state index contributed by atoms with van der Waals surface area (Å²) in [5.41, 5.74) is 0. The summed E-state index contributed by atoms with van der Waals surface area (Å²) < 4.78 is 13.5. The number of hydrogen-bond acceptors (Lipinski definition) is 4. The van der Waals surface area contributed by atoms with Gasteiger partial charge in [-0.2, -0.15) is 0 Å². The van der Waals surface area contributed by atoms with Crippen LogP contribution in [-0.2, 0) is 14.0 Å². The zero-order chi connectivity index (χ0) is 17.2. The number of unbranched alkanes of at least 4 members (excludes halogenated alkanes) is 1. The smallest absolute Gasteiger partial charge is 0.307 e. The van der Waals surface area contributed by atoms with Gasteiger partial charge in [0, 0.05) is 13.2 Å². The summed E-state index contributed by atoms with van der Waals surface area (Å²) in [6, 6.07) is 1.22. The Morgan fingerprint density at radius 1 is 0.955 bits per heavy atom. The Labute approximate surface area is 139 Å². The Morgan fingerprint density at radius 3 is 2.09 bits per heavy atom. The van der Waals surface area contributed by atoms with Crippen LogP contribution in [0.25, 0.3) is 0 Å². The molecule has 0 aromatic carbocycles. The summed E-state index contributed by atoms with van der Waals surface area (Å²) in [6.45, 7) is 18.8. The third-order valence-corrected chi connectivity index (χ3v) is 8.80. The number of hydrogen-bond donors (Lipinski definition) is 0. The van der Waals surface area contributed by atoms with E-state index in [1.54, 1.807) is 0 Å². The molecule has 0 atom stereocenters. The number of rotatable bonds is 12. The van der Waals surface area contributed by atoms with Gasteiger partial charge < -0.3 is 13.7 Å². The fourth-order valence-electron chi connectivity index (χ4n) is 2.56. The standard InChI is InChI=1S/C16H37NO3Si2/c1-8-19-16(18)12-14-17(21(3,4)5)13-10-11-15-22(6,7)20-9-2/h8-15H2,1-7H3. The van der Waals surface area contributed by atoms with Crippen molar-refractivity contribution in [3.63, 3.8) is 0 Å². The van der Waals surface area contributed by atoms with Crippen molar-refractivity contribution < 1.29 is 14.0 Å². The lowest BCUT2D eigenvalue weighted by Crippen LogP contribution is -2.47. The first-order valence-corrected chi connectivity index (χ1v) is 15.2. The van der Waals surface area contributed by atoms with Crippen molar-refractivity contribution in [2.45, 2.75) is 71.9 Å². The molecule has 0 radical (unpaired) electrons. The van der Waals surface area contributed by atoms with Crippen molar-refractivity contribution in [3.8, 4) is 0 Å². The molecule has 0 aliphatic rings. The molecule has 0 aromatic heterocycles. The normalized spacial score (nSPS) is 12.7. The average molecular weight is 348 g/mol. The van der Waals surface area contributed by atoms with E-state index in [0.717, 1.165) is 19.7 Å². The van der Waals surface area contributed by atoms with Crippen LogP contribution < -0.4 is 0 Å². The lowest BCUT2D eigenvalue weighted by Gasteiger charge is -2.34. The van der Waals surface area contributed by atoms with E-state index in [1.165, 1.54) is 18.9 Å². The molecule has 0 rings (SSSR count). The number of carbonyl (C=O) groups is 1. The number of esters is 1. The fourth-order valence-corrected chi connectivity index (χ4v) is 6.20. The molecule has 0 saturated carbocycles. The molecule has 0 unspecified atom stereocenters. The van der Waals surface area contributed by atoms with E-state index in [-0.39, 0.29) is 5.97 Å². The van der Waals surface area contributed by atoms with Gasteiger partial charge in [0.15, 0.2) is 8.32 Å². The van der Waals surface area contributed by atoms with E-state index in [9.17, 15) is 4.79 Å². The topological polar surface area (TPSA) is 38.8 Å². The predicted octanol–water partition coefficient (Wildman–Crippen LogP) is 4.10. The van der Waals surface area contributed by atoms with Crippen LogP contribution in [0.1, 0.15) is 33.1 Å². The second-order valence-corrected chi connectivity index (χ2v) is 16.6. The van der Waals surface area contributed by atoms with Crippen molar-refractivity contribution in [2.75, 3.05) is 26.3 Å². The van der Waals surface area contributed by atoms with Crippen molar-refractivity contribution >= 4 is 22.5 Å². The molecule has 0 saturated heterocycles. The first kappa shape index (κ1) is 21.8. The van der Waals surface area contributed by atoms with E-state index < -0.39 is 16.6 Å². The Bertz CT molecular complexity index is 317. The summed E-state index contributed by atoms with van der Waals surface area (Å²) in [6.07, 6.45) is 2.92. The van der Waals surface area contributed by atoms with Crippen LogP contribution in [0.5, 0.6) is 0 Å². The van der Waals surface area contributed by atoms with Crippen LogP contribution in [0.2, 0.25) is 38.8 Å². The zero-order valence-electron chi connectivity index (χ0n) is 15.8. The Hall–Kier alpha value is -0.176. The van der Waals surface area contributed by atoms with Gasteiger partial charge in [-0.3, -0.25) is 4.79 Å². The quantitative estimate of drug-likeness (QED) is 0.303. The largest absolute Gasteiger partial charge is 0.466 e. The Kier molecular flexibility index (Phi) is 10.5. The van der Waals surface area contributed by atoms with Crippen molar-refractivity contribution in [1.82, 2.24) is 4.57 Å². The second-order valence-electron chi connectivity index (χ2n) is 7.36. The summed E-state index contributed by atoms with van der Waals surface area (Å²) >= 11 is 0. The van der Waals surface area contributed by atoms with E-state index >= 15 is 0 Å². The Balaban J connectivity index is 4.19. The fraction of sp³-hybridized carbons (Fsp3) is 0.938. The molecular formula is C16H37NO3Si2. The molecule has 0 spiro atoms. The highest BCUT2D eigenvalue weighted by Crippen LogP contribution is 2.17. The molecule has 4 nitrogen and oxygen atoms in total. The molecule has 0 bridgehead atoms. The minimum Gasteiger partial charge on any atom is -0.466 e. The lowest BCUT2D eigenvalue weighted by molar-refractivity contribution is -0.143. The molecule has 132 valence electrons. The monoisotopic (exact) mass is 347 g/mol. The maximum Gasteiger partial charge on any atom is 0.307 e. The van der Waals surface area contributed by atoms with Crippen LogP contribution in [0.4, 0.5) is 0 Å². The highest BCUT2D eigenvalue weighted by molar-refractivity contribution is 6.73. The average Bonchev–Trinajstić information content (AvgIpc) is 2.36. The van der Waals surface area contributed by atoms with Gasteiger partial charge in [0.05, 0.1) is 13.0 Å². The van der Waals surface area contributed by atoms with Gasteiger partial charge in [0.25, 0.3) is 0 Å². The highest BCUT2D eigenvalue weighted by Gasteiger charge is 2.25. The van der Waals surface area contributed by atoms with Crippen LogP contribution in [-0.4, -0.2) is 53.4 Å². The van der Waals surface area contributed by atoms with Crippen LogP contribution >= 0.6 is 0 Å². The number of nitrogens with zero attached hydrogens (tertiary/aromatic N) is 1. The third kappa shape index (κ3) is 10.5. The van der Waals surface area contributed by atoms with Crippen LogP contribution in [0.3, 0.4) is 0 Å². The van der Waals surface area contributed by atoms with Crippen molar-refractivity contribution in [1.29, 1.82) is 0 Å². The summed E-state index contributed by atoms with van der Waals surface area (Å²) in [4.78, 5) is 11.6. The third-order valence-electron chi connectivity index (χ3n) is 3.83. The van der Waals surface area contributed by atoms with Gasteiger partial charge in [-0.25, -0.2) is 0 Å². The molecule has 0 fully saturated rings. The summed E-state index contributed by atoms with van der Waals surface area (Å²) in [5.74, 6) is -0.0735. The van der Waals surface area contributed by atoms with Gasteiger partial charge >= 0.3 is 5.97 Å². The lowest BCUT2D eigenvalue weighted by atomic mass is 10.3. The van der Waals surface area contributed by atoms with Gasteiger partial charge in [0.1, 0.15) is 8.24 Å². The van der Waals surface area contributed by atoms with E-state index in [0.29, 0.717) is 13.0 Å². The summed E-state index contributed by atoms with van der Waals surface area (Å²) in [5, 5.41) is 0. The van der Waals surface area contributed by atoms with E-state index in [1.807, 2.05) is 6.92 Å². The van der Waals surface area contributed by atoms with Crippen molar-refractivity contribution in [3.05, 3.63) is 0 Å². The molecule has 0 aliphatic carbocycles. The van der Waals surface area contributed by atoms with Crippen LogP contribution in [0.15, 0.2) is 0 Å². The van der Waals surface area contributed by atoms with Gasteiger partial charge in [0.2, 0.25) is 0 Å². The predicted molar refractivity (Wildman–Crippen MR) is 99.3 cm³/mol. The summed E-state index contributed by atoms with van der Waals surface area (Å²) in [7, 11) is -2.83. The highest BCUT2D eigenvalue weighted by atomic mass is 28.4. The number of ether oxygens (including phenoxy) is 1. The maximum absolute atomic E-state index is 11.6. The number of carbonyl (C=O) groups excluding carboxylic acids is 1. The molecular weight excluding hydrogens is 310 g/mol. The minimum absolute atomic E-state index is 0.0735. The van der Waals surface area contributed by atoms with Gasteiger partial charge in [-0.15, -0.1) is 0 Å². The molecule has 22 heavy (non-hydrogen) atoms. The molecule has 0 aliphatic heterocycles. The minimum atomic E-state index is -1.45. The SMILES string of the molecule is CCOC(=O)CCN(CCCC[Si](C)(C)OCC)[Si](C)(C)C. The first-order chi connectivity index (χ1) is 10.1. The van der Waals surface area contributed by atoms with Gasteiger partial charge in [-0.1, -0.05) is 26.1 Å². The van der Waals surface area contributed by atoms with Crippen LogP contribution in [0, 0.1) is 0 Å². The maximum atomic E-state index is 11.6. The molecule has 0 aromatic rings. The molecule has 6 heteroatoms.